The van der Waals surface area contributed by atoms with E-state index < -0.39 is 16.9 Å². The molecular formula is C13H11FN2O4. The second-order valence-electron chi connectivity index (χ2n) is 4.44. The Morgan fingerprint density at radius 1 is 1.35 bits per heavy atom. The van der Waals surface area contributed by atoms with Crippen LogP contribution in [0.15, 0.2) is 40.7 Å². The van der Waals surface area contributed by atoms with Crippen molar-refractivity contribution in [2.24, 2.45) is 5.18 Å². The number of ketones is 1. The summed E-state index contributed by atoms with van der Waals surface area (Å²) in [4.78, 5) is 32.8. The second kappa shape index (κ2) is 5.68. The molecule has 0 saturated carbocycles. The summed E-state index contributed by atoms with van der Waals surface area (Å²) in [6, 6.07) is 4.82. The predicted octanol–water partition coefficient (Wildman–Crippen LogP) is 3.32. The number of nitro benzene ring substituents is 1. The van der Waals surface area contributed by atoms with Crippen LogP contribution in [-0.2, 0) is 0 Å². The lowest BCUT2D eigenvalue weighted by Crippen LogP contribution is -2.20. The molecule has 1 unspecified atom stereocenters. The van der Waals surface area contributed by atoms with E-state index in [0.717, 1.165) is 12.1 Å². The van der Waals surface area contributed by atoms with Crippen LogP contribution in [0.3, 0.4) is 0 Å². The van der Waals surface area contributed by atoms with Crippen molar-refractivity contribution in [1.82, 2.24) is 0 Å². The standard InChI is InChI=1S/C13H11FN2O4/c14-10-2-1-3-11(15-18)12(10)13(17)8-4-6-9(7-5-8)16(19)20/h4-7,10H,1-3H2. The molecule has 0 aliphatic heterocycles. The van der Waals surface area contributed by atoms with E-state index in [1.165, 1.54) is 12.1 Å². The van der Waals surface area contributed by atoms with Crippen molar-refractivity contribution in [3.63, 3.8) is 0 Å². The monoisotopic (exact) mass is 278 g/mol. The number of benzene rings is 1. The normalized spacial score (nSPS) is 18.8. The molecule has 6 nitrogen and oxygen atoms in total. The van der Waals surface area contributed by atoms with Gasteiger partial charge < -0.3 is 0 Å². The Morgan fingerprint density at radius 3 is 2.55 bits per heavy atom. The molecule has 2 rings (SSSR count). The predicted molar refractivity (Wildman–Crippen MR) is 69.0 cm³/mol. The molecule has 1 atom stereocenters. The zero-order valence-corrected chi connectivity index (χ0v) is 10.4. The number of alkyl halides is 1. The highest BCUT2D eigenvalue weighted by Gasteiger charge is 2.29. The molecule has 104 valence electrons. The maximum atomic E-state index is 13.8. The Kier molecular flexibility index (Phi) is 3.97. The topological polar surface area (TPSA) is 89.6 Å². The minimum atomic E-state index is -1.51. The number of nitro groups is 1. The smallest absolute Gasteiger partial charge is 0.269 e. The number of Topliss-reactive ketones (excluding diaryl/α,β-unsaturated/α-hetero) is 1. The van der Waals surface area contributed by atoms with Gasteiger partial charge in [0.2, 0.25) is 0 Å². The van der Waals surface area contributed by atoms with Crippen LogP contribution >= 0.6 is 0 Å². The van der Waals surface area contributed by atoms with Gasteiger partial charge in [0.1, 0.15) is 6.17 Å². The largest absolute Gasteiger partial charge is 0.289 e. The zero-order chi connectivity index (χ0) is 14.7. The molecule has 0 saturated heterocycles. The number of nitroso groups, excluding NO2 is 1. The lowest BCUT2D eigenvalue weighted by molar-refractivity contribution is -0.384. The average Bonchev–Trinajstić information content (AvgIpc) is 2.46. The molecule has 1 aromatic rings. The van der Waals surface area contributed by atoms with Gasteiger partial charge in [0.15, 0.2) is 5.78 Å². The van der Waals surface area contributed by atoms with Gasteiger partial charge in [-0.15, -0.1) is 4.91 Å². The first kappa shape index (κ1) is 14.0. The zero-order valence-electron chi connectivity index (χ0n) is 10.4. The van der Waals surface area contributed by atoms with Gasteiger partial charge in [-0.2, -0.15) is 0 Å². The molecule has 0 heterocycles. The molecule has 0 radical (unpaired) electrons. The van der Waals surface area contributed by atoms with Gasteiger partial charge in [0.05, 0.1) is 16.2 Å². The molecule has 0 N–H and O–H groups in total. The van der Waals surface area contributed by atoms with Crippen LogP contribution in [-0.4, -0.2) is 16.9 Å². The van der Waals surface area contributed by atoms with E-state index in [1.54, 1.807) is 0 Å². The Labute approximate surface area is 113 Å². The van der Waals surface area contributed by atoms with Crippen LogP contribution in [0.1, 0.15) is 29.6 Å². The number of rotatable bonds is 4. The van der Waals surface area contributed by atoms with Gasteiger partial charge >= 0.3 is 0 Å². The van der Waals surface area contributed by atoms with Crippen LogP contribution in [0.2, 0.25) is 0 Å². The molecule has 0 spiro atoms. The van der Waals surface area contributed by atoms with Gasteiger partial charge in [0.25, 0.3) is 5.69 Å². The number of allylic oxidation sites excluding steroid dienone is 2. The molecule has 1 aromatic carbocycles. The molecule has 1 aliphatic rings. The van der Waals surface area contributed by atoms with E-state index >= 15 is 0 Å². The summed E-state index contributed by atoms with van der Waals surface area (Å²) in [5.41, 5.74) is -0.340. The lowest BCUT2D eigenvalue weighted by atomic mass is 9.89. The molecule has 20 heavy (non-hydrogen) atoms. The van der Waals surface area contributed by atoms with Crippen molar-refractivity contribution < 1.29 is 14.1 Å². The summed E-state index contributed by atoms with van der Waals surface area (Å²) in [5.74, 6) is -0.637. The lowest BCUT2D eigenvalue weighted by Gasteiger charge is -2.18. The van der Waals surface area contributed by atoms with Crippen LogP contribution in [0, 0.1) is 15.0 Å². The van der Waals surface area contributed by atoms with Crippen molar-refractivity contribution in [1.29, 1.82) is 0 Å². The van der Waals surface area contributed by atoms with Gasteiger partial charge in [-0.05, 0) is 36.6 Å². The Bertz CT molecular complexity index is 595. The van der Waals surface area contributed by atoms with Crippen LogP contribution < -0.4 is 0 Å². The fraction of sp³-hybridized carbons (Fsp3) is 0.308. The number of hydrogen-bond donors (Lipinski definition) is 0. The van der Waals surface area contributed by atoms with Gasteiger partial charge in [-0.1, -0.05) is 0 Å². The maximum Gasteiger partial charge on any atom is 0.269 e. The third-order valence-electron chi connectivity index (χ3n) is 3.19. The first-order valence-corrected chi connectivity index (χ1v) is 6.04. The van der Waals surface area contributed by atoms with Gasteiger partial charge in [-0.25, -0.2) is 4.39 Å². The van der Waals surface area contributed by atoms with E-state index in [-0.39, 0.29) is 35.4 Å². The molecular weight excluding hydrogens is 267 g/mol. The first-order chi connectivity index (χ1) is 9.54. The van der Waals surface area contributed by atoms with Crippen molar-refractivity contribution in [2.45, 2.75) is 25.4 Å². The summed E-state index contributed by atoms with van der Waals surface area (Å²) in [6.07, 6.45) is -0.594. The highest BCUT2D eigenvalue weighted by Crippen LogP contribution is 2.31. The summed E-state index contributed by atoms with van der Waals surface area (Å²) < 4.78 is 13.8. The quantitative estimate of drug-likeness (QED) is 0.365. The number of halogens is 1. The summed E-state index contributed by atoms with van der Waals surface area (Å²) in [7, 11) is 0. The van der Waals surface area contributed by atoms with E-state index in [4.69, 9.17) is 0 Å². The van der Waals surface area contributed by atoms with Crippen molar-refractivity contribution in [2.75, 3.05) is 0 Å². The fourth-order valence-corrected chi connectivity index (χ4v) is 2.17. The maximum absolute atomic E-state index is 13.8. The van der Waals surface area contributed by atoms with E-state index in [2.05, 4.69) is 5.18 Å². The Morgan fingerprint density at radius 2 is 2.00 bits per heavy atom. The summed E-state index contributed by atoms with van der Waals surface area (Å²) in [6.45, 7) is 0. The molecule has 0 bridgehead atoms. The highest BCUT2D eigenvalue weighted by atomic mass is 19.1. The van der Waals surface area contributed by atoms with Crippen LogP contribution in [0.4, 0.5) is 10.1 Å². The second-order valence-corrected chi connectivity index (χ2v) is 4.44. The Hall–Kier alpha value is -2.44. The number of hydrogen-bond acceptors (Lipinski definition) is 5. The summed E-state index contributed by atoms with van der Waals surface area (Å²) >= 11 is 0. The van der Waals surface area contributed by atoms with Crippen LogP contribution in [0.25, 0.3) is 0 Å². The third kappa shape index (κ3) is 2.61. The van der Waals surface area contributed by atoms with Crippen LogP contribution in [0.5, 0.6) is 0 Å². The minimum absolute atomic E-state index is 0.0629. The molecule has 0 aromatic heterocycles. The molecule has 0 amide bonds. The van der Waals surface area contributed by atoms with Gasteiger partial charge in [0, 0.05) is 17.7 Å². The fourth-order valence-electron chi connectivity index (χ4n) is 2.17. The number of nitrogens with zero attached hydrogens (tertiary/aromatic N) is 2. The van der Waals surface area contributed by atoms with Crippen molar-refractivity contribution in [3.8, 4) is 0 Å². The van der Waals surface area contributed by atoms with E-state index in [9.17, 15) is 24.2 Å². The van der Waals surface area contributed by atoms with E-state index in [0.29, 0.717) is 6.42 Å². The number of carbonyl (C=O) groups is 1. The van der Waals surface area contributed by atoms with Crippen molar-refractivity contribution >= 4 is 11.5 Å². The molecule has 1 aliphatic carbocycles. The first-order valence-electron chi connectivity index (χ1n) is 6.04. The average molecular weight is 278 g/mol. The van der Waals surface area contributed by atoms with E-state index in [1.807, 2.05) is 0 Å². The summed E-state index contributed by atoms with van der Waals surface area (Å²) in [5, 5.41) is 13.3. The molecule has 0 fully saturated rings. The van der Waals surface area contributed by atoms with Gasteiger partial charge in [-0.3, -0.25) is 14.9 Å². The third-order valence-corrected chi connectivity index (χ3v) is 3.19. The SMILES string of the molecule is O=NC1=C(C(=O)c2ccc([N+](=O)[O-])cc2)C(F)CCC1. The van der Waals surface area contributed by atoms with Crippen molar-refractivity contribution in [3.05, 3.63) is 56.1 Å². The highest BCUT2D eigenvalue weighted by molar-refractivity contribution is 6.10. The number of non-ortho nitro benzene ring substituents is 1. The number of carbonyl (C=O) groups excluding carboxylic acids is 1. The minimum Gasteiger partial charge on any atom is -0.289 e. The molecule has 7 heteroatoms. The Balaban J connectivity index is 2.36.